The highest BCUT2D eigenvalue weighted by molar-refractivity contribution is 5.50. The Labute approximate surface area is 103 Å². The van der Waals surface area contributed by atoms with Crippen molar-refractivity contribution in [1.29, 1.82) is 0 Å². The topological polar surface area (TPSA) is 62.4 Å². The van der Waals surface area contributed by atoms with Crippen molar-refractivity contribution in [2.24, 2.45) is 5.73 Å². The number of pyridine rings is 1. The summed E-state index contributed by atoms with van der Waals surface area (Å²) in [5.41, 5.74) is 8.03. The molecule has 0 aliphatic heterocycles. The second-order valence-electron chi connectivity index (χ2n) is 4.20. The Morgan fingerprint density at radius 2 is 2.18 bits per heavy atom. The van der Waals surface area contributed by atoms with Crippen LogP contribution in [0, 0.1) is 6.92 Å². The lowest BCUT2D eigenvalue weighted by atomic mass is 10.1. The fourth-order valence-electron chi connectivity index (χ4n) is 1.89. The van der Waals surface area contributed by atoms with Crippen molar-refractivity contribution in [2.45, 2.75) is 33.2 Å². The van der Waals surface area contributed by atoms with Crippen LogP contribution in [0.15, 0.2) is 12.3 Å². The van der Waals surface area contributed by atoms with Gasteiger partial charge in [0.2, 0.25) is 0 Å². The van der Waals surface area contributed by atoms with E-state index in [1.54, 1.807) is 6.20 Å². The number of aromatic nitrogens is 1. The zero-order valence-corrected chi connectivity index (χ0v) is 10.8. The molecule has 0 aliphatic carbocycles. The van der Waals surface area contributed by atoms with E-state index in [0.29, 0.717) is 13.1 Å². The molecule has 0 amide bonds. The lowest BCUT2D eigenvalue weighted by molar-refractivity contribution is 0.301. The van der Waals surface area contributed by atoms with E-state index in [4.69, 9.17) is 10.8 Å². The third kappa shape index (κ3) is 3.68. The van der Waals surface area contributed by atoms with E-state index in [2.05, 4.69) is 16.8 Å². The minimum absolute atomic E-state index is 0.142. The second kappa shape index (κ2) is 7.25. The van der Waals surface area contributed by atoms with Crippen molar-refractivity contribution in [2.75, 3.05) is 24.6 Å². The Bertz CT molecular complexity index is 341. The van der Waals surface area contributed by atoms with Crippen LogP contribution in [0.5, 0.6) is 0 Å². The molecule has 0 aliphatic rings. The Morgan fingerprint density at radius 3 is 2.76 bits per heavy atom. The summed E-state index contributed by atoms with van der Waals surface area (Å²) in [6, 6.07) is 1.97. The van der Waals surface area contributed by atoms with Gasteiger partial charge in [-0.05, 0) is 25.0 Å². The molecule has 0 saturated carbocycles. The molecule has 0 spiro atoms. The minimum atomic E-state index is 0.142. The van der Waals surface area contributed by atoms with E-state index >= 15 is 0 Å². The highest BCUT2D eigenvalue weighted by atomic mass is 16.3. The van der Waals surface area contributed by atoms with E-state index in [1.165, 1.54) is 0 Å². The Balaban J connectivity index is 2.95. The van der Waals surface area contributed by atoms with E-state index in [0.717, 1.165) is 36.3 Å². The van der Waals surface area contributed by atoms with Crippen LogP contribution >= 0.6 is 0 Å². The highest BCUT2D eigenvalue weighted by Gasteiger charge is 2.12. The van der Waals surface area contributed by atoms with Gasteiger partial charge in [0.1, 0.15) is 5.82 Å². The van der Waals surface area contributed by atoms with Gasteiger partial charge >= 0.3 is 0 Å². The molecule has 0 saturated heterocycles. The maximum atomic E-state index is 9.13. The standard InChI is InChI=1S/C13H23N3O/c1-3-4-7-16(8-9-17)13-12(10-14)11(2)5-6-15-13/h5-6,17H,3-4,7-10,14H2,1-2H3. The third-order valence-corrected chi connectivity index (χ3v) is 2.92. The van der Waals surface area contributed by atoms with Crippen LogP contribution in [0.4, 0.5) is 5.82 Å². The van der Waals surface area contributed by atoms with Crippen molar-refractivity contribution in [1.82, 2.24) is 4.98 Å². The zero-order chi connectivity index (χ0) is 12.7. The van der Waals surface area contributed by atoms with Gasteiger partial charge in [0, 0.05) is 31.4 Å². The molecule has 1 heterocycles. The van der Waals surface area contributed by atoms with Crippen LogP contribution < -0.4 is 10.6 Å². The summed E-state index contributed by atoms with van der Waals surface area (Å²) in [6.07, 6.45) is 4.03. The van der Waals surface area contributed by atoms with Crippen molar-refractivity contribution in [3.05, 3.63) is 23.4 Å². The average Bonchev–Trinajstić information content (AvgIpc) is 2.34. The zero-order valence-electron chi connectivity index (χ0n) is 10.8. The van der Waals surface area contributed by atoms with E-state index < -0.39 is 0 Å². The number of nitrogens with zero attached hydrogens (tertiary/aromatic N) is 2. The van der Waals surface area contributed by atoms with Gasteiger partial charge in [-0.25, -0.2) is 4.98 Å². The molecule has 4 nitrogen and oxygen atoms in total. The summed E-state index contributed by atoms with van der Waals surface area (Å²) >= 11 is 0. The van der Waals surface area contributed by atoms with E-state index in [-0.39, 0.29) is 6.61 Å². The number of nitrogens with two attached hydrogens (primary N) is 1. The van der Waals surface area contributed by atoms with Crippen LogP contribution in [0.1, 0.15) is 30.9 Å². The monoisotopic (exact) mass is 237 g/mol. The van der Waals surface area contributed by atoms with Gasteiger partial charge in [0.15, 0.2) is 0 Å². The van der Waals surface area contributed by atoms with Crippen LogP contribution in [0.3, 0.4) is 0 Å². The molecule has 4 heteroatoms. The lowest BCUT2D eigenvalue weighted by Crippen LogP contribution is -2.30. The van der Waals surface area contributed by atoms with Crippen molar-refractivity contribution in [3.8, 4) is 0 Å². The predicted molar refractivity (Wildman–Crippen MR) is 71.1 cm³/mol. The summed E-state index contributed by atoms with van der Waals surface area (Å²) in [5, 5.41) is 9.13. The number of hydrogen-bond donors (Lipinski definition) is 2. The van der Waals surface area contributed by atoms with Gasteiger partial charge in [-0.2, -0.15) is 0 Å². The molecule has 0 bridgehead atoms. The first-order chi connectivity index (χ1) is 8.24. The summed E-state index contributed by atoms with van der Waals surface area (Å²) in [4.78, 5) is 6.54. The molecule has 1 aromatic heterocycles. The fraction of sp³-hybridized carbons (Fsp3) is 0.615. The smallest absolute Gasteiger partial charge is 0.133 e. The first-order valence-corrected chi connectivity index (χ1v) is 6.25. The summed E-state index contributed by atoms with van der Waals surface area (Å²) < 4.78 is 0. The first kappa shape index (κ1) is 13.9. The Kier molecular flexibility index (Phi) is 5.94. The highest BCUT2D eigenvalue weighted by Crippen LogP contribution is 2.20. The van der Waals surface area contributed by atoms with Crippen molar-refractivity contribution >= 4 is 5.82 Å². The summed E-state index contributed by atoms with van der Waals surface area (Å²) in [6.45, 7) is 6.37. The third-order valence-electron chi connectivity index (χ3n) is 2.92. The number of rotatable bonds is 7. The first-order valence-electron chi connectivity index (χ1n) is 6.25. The molecule has 0 radical (unpaired) electrons. The van der Waals surface area contributed by atoms with E-state index in [1.807, 2.05) is 13.0 Å². The molecule has 96 valence electrons. The van der Waals surface area contributed by atoms with E-state index in [9.17, 15) is 0 Å². The van der Waals surface area contributed by atoms with Gasteiger partial charge in [0.25, 0.3) is 0 Å². The van der Waals surface area contributed by atoms with Crippen molar-refractivity contribution in [3.63, 3.8) is 0 Å². The number of anilines is 1. The molecule has 3 N–H and O–H groups in total. The molecule has 0 atom stereocenters. The molecule has 17 heavy (non-hydrogen) atoms. The molecule has 0 unspecified atom stereocenters. The SMILES string of the molecule is CCCCN(CCO)c1nccc(C)c1CN. The maximum Gasteiger partial charge on any atom is 0.133 e. The maximum absolute atomic E-state index is 9.13. The number of aliphatic hydroxyl groups excluding tert-OH is 1. The number of aliphatic hydroxyl groups is 1. The van der Waals surface area contributed by atoms with Crippen molar-refractivity contribution < 1.29 is 5.11 Å². The normalized spacial score (nSPS) is 10.6. The molecule has 1 aromatic rings. The number of unbranched alkanes of at least 4 members (excludes halogenated alkanes) is 1. The lowest BCUT2D eigenvalue weighted by Gasteiger charge is -2.25. The summed E-state index contributed by atoms with van der Waals surface area (Å²) in [5.74, 6) is 0.926. The van der Waals surface area contributed by atoms with Crippen LogP contribution in [0.2, 0.25) is 0 Å². The second-order valence-corrected chi connectivity index (χ2v) is 4.20. The molecule has 1 rings (SSSR count). The Morgan fingerprint density at radius 1 is 1.41 bits per heavy atom. The summed E-state index contributed by atoms with van der Waals surface area (Å²) in [7, 11) is 0. The van der Waals surface area contributed by atoms with Crippen LogP contribution in [0.25, 0.3) is 0 Å². The quantitative estimate of drug-likeness (QED) is 0.753. The van der Waals surface area contributed by atoms with Gasteiger partial charge in [0.05, 0.1) is 6.61 Å². The Hall–Kier alpha value is -1.13. The van der Waals surface area contributed by atoms with Gasteiger partial charge in [-0.3, -0.25) is 0 Å². The molecular formula is C13H23N3O. The number of hydrogen-bond acceptors (Lipinski definition) is 4. The largest absolute Gasteiger partial charge is 0.395 e. The number of aryl methyl sites for hydroxylation is 1. The van der Waals surface area contributed by atoms with Gasteiger partial charge < -0.3 is 15.7 Å². The average molecular weight is 237 g/mol. The minimum Gasteiger partial charge on any atom is -0.395 e. The molecule has 0 aromatic carbocycles. The van der Waals surface area contributed by atoms with Crippen LogP contribution in [-0.2, 0) is 6.54 Å². The molecule has 0 fully saturated rings. The molecular weight excluding hydrogens is 214 g/mol. The predicted octanol–water partition coefficient (Wildman–Crippen LogP) is 1.45. The van der Waals surface area contributed by atoms with Crippen LogP contribution in [-0.4, -0.2) is 29.8 Å². The van der Waals surface area contributed by atoms with Gasteiger partial charge in [-0.15, -0.1) is 0 Å². The fourth-order valence-corrected chi connectivity index (χ4v) is 1.89. The van der Waals surface area contributed by atoms with Gasteiger partial charge in [-0.1, -0.05) is 13.3 Å².